The molecule has 0 unspecified atom stereocenters. The summed E-state index contributed by atoms with van der Waals surface area (Å²) in [5.41, 5.74) is 3.86. The normalized spacial score (nSPS) is 12.4. The molecule has 1 aliphatic rings. The number of amides is 1. The zero-order chi connectivity index (χ0) is 19.9. The third-order valence-corrected chi connectivity index (χ3v) is 4.84. The number of ether oxygens (including phenoxy) is 2. The van der Waals surface area contributed by atoms with E-state index in [1.807, 2.05) is 38.1 Å². The van der Waals surface area contributed by atoms with E-state index < -0.39 is 0 Å². The van der Waals surface area contributed by atoms with E-state index in [1.54, 1.807) is 12.1 Å². The summed E-state index contributed by atoms with van der Waals surface area (Å²) < 4.78 is 11.1. The minimum atomic E-state index is -0.218. The first kappa shape index (κ1) is 19.9. The van der Waals surface area contributed by atoms with Gasteiger partial charge < -0.3 is 14.8 Å². The lowest BCUT2D eigenvalue weighted by molar-refractivity contribution is -0.116. The molecule has 148 valence electrons. The highest BCUT2D eigenvalue weighted by molar-refractivity contribution is 6.00. The molecule has 1 aliphatic carbocycles. The summed E-state index contributed by atoms with van der Waals surface area (Å²) in [6.07, 6.45) is 3.58. The molecule has 2 aromatic carbocycles. The predicted octanol–water partition coefficient (Wildman–Crippen LogP) is 4.57. The average molecular weight is 381 g/mol. The fourth-order valence-corrected chi connectivity index (χ4v) is 3.47. The molecule has 2 aromatic rings. The van der Waals surface area contributed by atoms with Crippen molar-refractivity contribution in [3.05, 3.63) is 53.1 Å². The van der Waals surface area contributed by atoms with Gasteiger partial charge in [0, 0.05) is 24.5 Å². The smallest absolute Gasteiger partial charge is 0.224 e. The minimum absolute atomic E-state index is 0.00190. The van der Waals surface area contributed by atoms with Crippen LogP contribution in [0.3, 0.4) is 0 Å². The number of hydrogen-bond donors (Lipinski definition) is 1. The lowest BCUT2D eigenvalue weighted by Gasteiger charge is -2.13. The Hall–Kier alpha value is -2.82. The van der Waals surface area contributed by atoms with Crippen LogP contribution in [0.15, 0.2) is 36.4 Å². The number of carbonyl (C=O) groups excluding carboxylic acids is 2. The Bertz CT molecular complexity index is 860. The van der Waals surface area contributed by atoms with Crippen molar-refractivity contribution in [2.75, 3.05) is 18.5 Å². The lowest BCUT2D eigenvalue weighted by Crippen LogP contribution is -2.14. The van der Waals surface area contributed by atoms with Gasteiger partial charge in [0.25, 0.3) is 0 Å². The van der Waals surface area contributed by atoms with E-state index in [-0.39, 0.29) is 24.5 Å². The SMILES string of the molecule is CCOc1ccc(OCC)c(NC(=O)CCC(=O)c2ccc3c(c2)CCC3)c1. The van der Waals surface area contributed by atoms with Crippen molar-refractivity contribution in [1.29, 1.82) is 0 Å². The first-order valence-electron chi connectivity index (χ1n) is 9.95. The number of carbonyl (C=O) groups is 2. The summed E-state index contributed by atoms with van der Waals surface area (Å²) in [6, 6.07) is 11.2. The van der Waals surface area contributed by atoms with Crippen molar-refractivity contribution >= 4 is 17.4 Å². The summed E-state index contributed by atoms with van der Waals surface area (Å²) in [5.74, 6) is 1.03. The van der Waals surface area contributed by atoms with Crippen LogP contribution >= 0.6 is 0 Å². The number of ketones is 1. The van der Waals surface area contributed by atoms with Crippen LogP contribution in [0.2, 0.25) is 0 Å². The minimum Gasteiger partial charge on any atom is -0.494 e. The van der Waals surface area contributed by atoms with Crippen LogP contribution < -0.4 is 14.8 Å². The Morgan fingerprint density at radius 1 is 0.929 bits per heavy atom. The first-order valence-corrected chi connectivity index (χ1v) is 9.95. The largest absolute Gasteiger partial charge is 0.494 e. The Morgan fingerprint density at radius 2 is 1.71 bits per heavy atom. The van der Waals surface area contributed by atoms with E-state index in [4.69, 9.17) is 9.47 Å². The second-order valence-electron chi connectivity index (χ2n) is 6.83. The molecule has 0 bridgehead atoms. The van der Waals surface area contributed by atoms with Crippen LogP contribution in [-0.2, 0) is 17.6 Å². The molecule has 0 atom stereocenters. The van der Waals surface area contributed by atoms with Gasteiger partial charge in [0.1, 0.15) is 11.5 Å². The molecule has 3 rings (SSSR count). The van der Waals surface area contributed by atoms with Crippen LogP contribution in [0.1, 0.15) is 54.6 Å². The van der Waals surface area contributed by atoms with Gasteiger partial charge in [-0.2, -0.15) is 0 Å². The summed E-state index contributed by atoms with van der Waals surface area (Å²) in [4.78, 5) is 24.9. The zero-order valence-corrected chi connectivity index (χ0v) is 16.5. The van der Waals surface area contributed by atoms with Crippen molar-refractivity contribution in [3.8, 4) is 11.5 Å². The number of anilines is 1. The molecule has 5 nitrogen and oxygen atoms in total. The number of benzene rings is 2. The molecule has 0 radical (unpaired) electrons. The molecule has 0 fully saturated rings. The highest BCUT2D eigenvalue weighted by atomic mass is 16.5. The van der Waals surface area contributed by atoms with E-state index in [1.165, 1.54) is 11.1 Å². The average Bonchev–Trinajstić information content (AvgIpc) is 3.16. The van der Waals surface area contributed by atoms with Gasteiger partial charge in [-0.1, -0.05) is 12.1 Å². The Labute approximate surface area is 166 Å². The zero-order valence-electron chi connectivity index (χ0n) is 16.5. The van der Waals surface area contributed by atoms with Crippen molar-refractivity contribution in [3.63, 3.8) is 0 Å². The number of Topliss-reactive ketones (excluding diaryl/α,β-unsaturated/α-hetero) is 1. The third-order valence-electron chi connectivity index (χ3n) is 4.84. The van der Waals surface area contributed by atoms with Crippen molar-refractivity contribution in [1.82, 2.24) is 0 Å². The van der Waals surface area contributed by atoms with Crippen LogP contribution in [0.4, 0.5) is 5.69 Å². The van der Waals surface area contributed by atoms with Gasteiger partial charge in [-0.15, -0.1) is 0 Å². The van der Waals surface area contributed by atoms with E-state index >= 15 is 0 Å². The van der Waals surface area contributed by atoms with E-state index in [0.29, 0.717) is 36.0 Å². The summed E-state index contributed by atoms with van der Waals surface area (Å²) in [7, 11) is 0. The van der Waals surface area contributed by atoms with Gasteiger partial charge in [-0.3, -0.25) is 9.59 Å². The number of aryl methyl sites for hydroxylation is 2. The van der Waals surface area contributed by atoms with E-state index in [2.05, 4.69) is 5.32 Å². The predicted molar refractivity (Wildman–Crippen MR) is 109 cm³/mol. The molecule has 1 N–H and O–H groups in total. The maximum absolute atomic E-state index is 12.5. The molecular formula is C23H27NO4. The molecule has 0 spiro atoms. The Kier molecular flexibility index (Phi) is 6.69. The number of rotatable bonds is 9. The highest BCUT2D eigenvalue weighted by Crippen LogP contribution is 2.30. The first-order chi connectivity index (χ1) is 13.6. The molecule has 28 heavy (non-hydrogen) atoms. The van der Waals surface area contributed by atoms with Gasteiger partial charge >= 0.3 is 0 Å². The fraction of sp³-hybridized carbons (Fsp3) is 0.391. The van der Waals surface area contributed by atoms with Crippen LogP contribution in [0.5, 0.6) is 11.5 Å². The molecule has 0 saturated carbocycles. The number of fused-ring (bicyclic) bond motifs is 1. The standard InChI is InChI=1S/C23H27NO4/c1-3-27-19-10-12-22(28-4-2)20(15-19)24-23(26)13-11-21(25)18-9-8-16-6-5-7-17(16)14-18/h8-10,12,14-15H,3-7,11,13H2,1-2H3,(H,24,26). The highest BCUT2D eigenvalue weighted by Gasteiger charge is 2.16. The second-order valence-corrected chi connectivity index (χ2v) is 6.83. The molecule has 0 heterocycles. The third kappa shape index (κ3) is 4.91. The van der Waals surface area contributed by atoms with E-state index in [9.17, 15) is 9.59 Å². The van der Waals surface area contributed by atoms with Gasteiger partial charge in [-0.05, 0) is 62.4 Å². The Balaban J connectivity index is 1.60. The maximum atomic E-state index is 12.5. The Morgan fingerprint density at radius 3 is 2.50 bits per heavy atom. The number of hydrogen-bond acceptors (Lipinski definition) is 4. The topological polar surface area (TPSA) is 64.6 Å². The molecule has 1 amide bonds. The van der Waals surface area contributed by atoms with Crippen molar-refractivity contribution in [2.24, 2.45) is 0 Å². The molecule has 0 aliphatic heterocycles. The van der Waals surface area contributed by atoms with Gasteiger partial charge in [0.15, 0.2) is 5.78 Å². The van der Waals surface area contributed by atoms with Crippen LogP contribution in [0, 0.1) is 0 Å². The van der Waals surface area contributed by atoms with Gasteiger partial charge in [-0.25, -0.2) is 0 Å². The molecule has 5 heteroatoms. The van der Waals surface area contributed by atoms with Gasteiger partial charge in [0.2, 0.25) is 5.91 Å². The lowest BCUT2D eigenvalue weighted by atomic mass is 10.0. The second kappa shape index (κ2) is 9.40. The monoisotopic (exact) mass is 381 g/mol. The quantitative estimate of drug-likeness (QED) is 0.646. The maximum Gasteiger partial charge on any atom is 0.224 e. The summed E-state index contributed by atoms with van der Waals surface area (Å²) in [5, 5.41) is 2.85. The molecular weight excluding hydrogens is 354 g/mol. The van der Waals surface area contributed by atoms with Crippen molar-refractivity contribution < 1.29 is 19.1 Å². The summed E-state index contributed by atoms with van der Waals surface area (Å²) in [6.45, 7) is 4.82. The molecule has 0 aromatic heterocycles. The van der Waals surface area contributed by atoms with Gasteiger partial charge in [0.05, 0.1) is 18.9 Å². The van der Waals surface area contributed by atoms with E-state index in [0.717, 1.165) is 19.3 Å². The fourth-order valence-electron chi connectivity index (χ4n) is 3.47. The molecule has 0 saturated heterocycles. The number of nitrogens with one attached hydrogen (secondary N) is 1. The van der Waals surface area contributed by atoms with Crippen LogP contribution in [0.25, 0.3) is 0 Å². The van der Waals surface area contributed by atoms with Crippen molar-refractivity contribution in [2.45, 2.75) is 46.0 Å². The summed E-state index contributed by atoms with van der Waals surface area (Å²) >= 11 is 0. The van der Waals surface area contributed by atoms with Crippen LogP contribution in [-0.4, -0.2) is 24.9 Å².